The Labute approximate surface area is 98.8 Å². The average Bonchev–Trinajstić information content (AvgIpc) is 2.78. The average molecular weight is 237 g/mol. The molecular weight excluding hydrogens is 224 g/mol. The van der Waals surface area contributed by atoms with Crippen molar-refractivity contribution in [1.29, 1.82) is 0 Å². The normalized spacial score (nSPS) is 18.2. The lowest BCUT2D eigenvalue weighted by Gasteiger charge is -2.30. The molecule has 3 rings (SSSR count). The summed E-state index contributed by atoms with van der Waals surface area (Å²) in [6.45, 7) is 1.96. The Balaban J connectivity index is 1.96. The number of alkyl halides is 1. The summed E-state index contributed by atoms with van der Waals surface area (Å²) in [7, 11) is 0. The highest BCUT2D eigenvalue weighted by atomic mass is 35.5. The van der Waals surface area contributed by atoms with Gasteiger partial charge in [-0.25, -0.2) is 9.50 Å². The number of piperidine rings is 1. The number of halogens is 1. The van der Waals surface area contributed by atoms with Crippen LogP contribution in [0.1, 0.15) is 12.8 Å². The predicted octanol–water partition coefficient (Wildman–Crippen LogP) is 1.94. The van der Waals surface area contributed by atoms with Crippen molar-refractivity contribution in [3.63, 3.8) is 0 Å². The number of hydrogen-bond donors (Lipinski definition) is 0. The van der Waals surface area contributed by atoms with E-state index in [0.29, 0.717) is 5.38 Å². The fourth-order valence-electron chi connectivity index (χ4n) is 2.15. The van der Waals surface area contributed by atoms with Crippen LogP contribution in [-0.2, 0) is 0 Å². The van der Waals surface area contributed by atoms with Crippen molar-refractivity contribution in [2.45, 2.75) is 18.2 Å². The van der Waals surface area contributed by atoms with Gasteiger partial charge < -0.3 is 4.90 Å². The lowest BCUT2D eigenvalue weighted by molar-refractivity contribution is 0.581. The Kier molecular flexibility index (Phi) is 2.44. The van der Waals surface area contributed by atoms with E-state index in [0.717, 1.165) is 37.3 Å². The van der Waals surface area contributed by atoms with Crippen molar-refractivity contribution in [1.82, 2.24) is 14.6 Å². The maximum atomic E-state index is 6.10. The van der Waals surface area contributed by atoms with Crippen LogP contribution in [0.3, 0.4) is 0 Å². The molecule has 0 bridgehead atoms. The monoisotopic (exact) mass is 236 g/mol. The van der Waals surface area contributed by atoms with Gasteiger partial charge in [-0.15, -0.1) is 11.6 Å². The Hall–Kier alpha value is -1.29. The van der Waals surface area contributed by atoms with Gasteiger partial charge in [-0.2, -0.15) is 5.10 Å². The minimum Gasteiger partial charge on any atom is -0.355 e. The van der Waals surface area contributed by atoms with E-state index in [4.69, 9.17) is 11.6 Å². The summed E-state index contributed by atoms with van der Waals surface area (Å²) < 4.78 is 1.86. The van der Waals surface area contributed by atoms with E-state index >= 15 is 0 Å². The molecule has 1 fully saturated rings. The first-order chi connectivity index (χ1) is 7.84. The molecule has 0 radical (unpaired) electrons. The van der Waals surface area contributed by atoms with Crippen molar-refractivity contribution >= 4 is 22.9 Å². The molecule has 0 amide bonds. The minimum atomic E-state index is 0.320. The van der Waals surface area contributed by atoms with E-state index in [2.05, 4.69) is 15.0 Å². The second kappa shape index (κ2) is 3.94. The fourth-order valence-corrected chi connectivity index (χ4v) is 2.34. The van der Waals surface area contributed by atoms with Gasteiger partial charge in [-0.05, 0) is 18.9 Å². The number of aromatic nitrogens is 3. The SMILES string of the molecule is ClC1CCN(c2nccn3nccc23)CC1. The zero-order valence-electron chi connectivity index (χ0n) is 8.88. The third-order valence-electron chi connectivity index (χ3n) is 3.03. The van der Waals surface area contributed by atoms with E-state index in [1.54, 1.807) is 12.4 Å². The lowest BCUT2D eigenvalue weighted by Crippen LogP contribution is -2.34. The molecule has 0 N–H and O–H groups in total. The number of anilines is 1. The Bertz CT molecular complexity index is 487. The van der Waals surface area contributed by atoms with Crippen LogP contribution < -0.4 is 4.90 Å². The number of hydrogen-bond acceptors (Lipinski definition) is 3. The summed E-state index contributed by atoms with van der Waals surface area (Å²) in [6.07, 6.45) is 7.51. The standard InChI is InChI=1S/C11H13ClN4/c12-9-2-6-15(7-3-9)11-10-1-4-14-16(10)8-5-13-11/h1,4-5,8-9H,2-3,6-7H2. The summed E-state index contributed by atoms with van der Waals surface area (Å²) in [5.41, 5.74) is 1.07. The largest absolute Gasteiger partial charge is 0.355 e. The summed E-state index contributed by atoms with van der Waals surface area (Å²) in [6, 6.07) is 2.00. The van der Waals surface area contributed by atoms with Gasteiger partial charge >= 0.3 is 0 Å². The summed E-state index contributed by atoms with van der Waals surface area (Å²) in [4.78, 5) is 6.74. The van der Waals surface area contributed by atoms with Crippen molar-refractivity contribution in [3.05, 3.63) is 24.7 Å². The van der Waals surface area contributed by atoms with Gasteiger partial charge in [-0.3, -0.25) is 0 Å². The van der Waals surface area contributed by atoms with E-state index in [-0.39, 0.29) is 0 Å². The molecule has 1 saturated heterocycles. The van der Waals surface area contributed by atoms with Gasteiger partial charge in [0.1, 0.15) is 5.52 Å². The zero-order valence-corrected chi connectivity index (χ0v) is 9.64. The first-order valence-corrected chi connectivity index (χ1v) is 5.95. The third-order valence-corrected chi connectivity index (χ3v) is 3.46. The van der Waals surface area contributed by atoms with Crippen LogP contribution in [0.5, 0.6) is 0 Å². The highest BCUT2D eigenvalue weighted by Crippen LogP contribution is 2.23. The van der Waals surface area contributed by atoms with Crippen molar-refractivity contribution < 1.29 is 0 Å². The smallest absolute Gasteiger partial charge is 0.154 e. The molecular formula is C11H13ClN4. The molecule has 84 valence electrons. The van der Waals surface area contributed by atoms with Crippen LogP contribution >= 0.6 is 11.6 Å². The molecule has 0 atom stereocenters. The maximum absolute atomic E-state index is 6.10. The molecule has 1 aliphatic heterocycles. The molecule has 4 nitrogen and oxygen atoms in total. The van der Waals surface area contributed by atoms with Gasteiger partial charge in [0.2, 0.25) is 0 Å². The molecule has 0 aliphatic carbocycles. The second-order valence-electron chi connectivity index (χ2n) is 4.07. The van der Waals surface area contributed by atoms with Crippen LogP contribution in [0.25, 0.3) is 5.52 Å². The van der Waals surface area contributed by atoms with Gasteiger partial charge in [0.05, 0.1) is 6.20 Å². The molecule has 0 spiro atoms. The van der Waals surface area contributed by atoms with Crippen LogP contribution in [-0.4, -0.2) is 33.1 Å². The van der Waals surface area contributed by atoms with Gasteiger partial charge in [0.15, 0.2) is 5.82 Å². The Morgan fingerprint density at radius 3 is 2.88 bits per heavy atom. The van der Waals surface area contributed by atoms with Gasteiger partial charge in [0.25, 0.3) is 0 Å². The van der Waals surface area contributed by atoms with Crippen molar-refractivity contribution in [2.75, 3.05) is 18.0 Å². The molecule has 16 heavy (non-hydrogen) atoms. The maximum Gasteiger partial charge on any atom is 0.154 e. The first-order valence-electron chi connectivity index (χ1n) is 5.52. The summed E-state index contributed by atoms with van der Waals surface area (Å²) in [5.74, 6) is 1.02. The summed E-state index contributed by atoms with van der Waals surface area (Å²) in [5, 5.41) is 4.53. The van der Waals surface area contributed by atoms with Crippen molar-refractivity contribution in [3.8, 4) is 0 Å². The van der Waals surface area contributed by atoms with Crippen LogP contribution in [0.2, 0.25) is 0 Å². The van der Waals surface area contributed by atoms with E-state index in [1.807, 2.05) is 16.8 Å². The zero-order chi connectivity index (χ0) is 11.0. The Morgan fingerprint density at radius 1 is 1.25 bits per heavy atom. The first kappa shape index (κ1) is 9.90. The quantitative estimate of drug-likeness (QED) is 0.710. The molecule has 0 aromatic carbocycles. The third kappa shape index (κ3) is 1.63. The van der Waals surface area contributed by atoms with E-state index in [1.165, 1.54) is 0 Å². The molecule has 2 aromatic heterocycles. The lowest BCUT2D eigenvalue weighted by atomic mass is 10.1. The Morgan fingerprint density at radius 2 is 2.06 bits per heavy atom. The van der Waals surface area contributed by atoms with E-state index < -0.39 is 0 Å². The number of rotatable bonds is 1. The van der Waals surface area contributed by atoms with Gasteiger partial charge in [-0.1, -0.05) is 0 Å². The molecule has 2 aromatic rings. The van der Waals surface area contributed by atoms with Crippen molar-refractivity contribution in [2.24, 2.45) is 0 Å². The van der Waals surface area contributed by atoms with Crippen LogP contribution in [0.15, 0.2) is 24.7 Å². The van der Waals surface area contributed by atoms with Crippen LogP contribution in [0.4, 0.5) is 5.82 Å². The predicted molar refractivity (Wildman–Crippen MR) is 64.1 cm³/mol. The topological polar surface area (TPSA) is 33.4 Å². The highest BCUT2D eigenvalue weighted by Gasteiger charge is 2.19. The second-order valence-corrected chi connectivity index (χ2v) is 4.69. The van der Waals surface area contributed by atoms with Crippen LogP contribution in [0, 0.1) is 0 Å². The molecule has 5 heteroatoms. The fraction of sp³-hybridized carbons (Fsp3) is 0.455. The minimum absolute atomic E-state index is 0.320. The number of fused-ring (bicyclic) bond motifs is 1. The van der Waals surface area contributed by atoms with E-state index in [9.17, 15) is 0 Å². The summed E-state index contributed by atoms with van der Waals surface area (Å²) >= 11 is 6.10. The molecule has 0 unspecified atom stereocenters. The number of nitrogens with zero attached hydrogens (tertiary/aromatic N) is 4. The molecule has 0 saturated carbocycles. The molecule has 3 heterocycles. The highest BCUT2D eigenvalue weighted by molar-refractivity contribution is 6.20. The molecule has 1 aliphatic rings. The van der Waals surface area contributed by atoms with Gasteiger partial charge in [0, 0.05) is 30.9 Å².